The molecule has 0 saturated carbocycles. The molecule has 0 amide bonds. The number of para-hydroxylation sites is 1. The van der Waals surface area contributed by atoms with Crippen molar-refractivity contribution in [1.29, 1.82) is 0 Å². The van der Waals surface area contributed by atoms with E-state index >= 15 is 0 Å². The summed E-state index contributed by atoms with van der Waals surface area (Å²) in [6.45, 7) is 3.56. The van der Waals surface area contributed by atoms with Crippen molar-refractivity contribution in [1.82, 2.24) is 19.4 Å². The first-order chi connectivity index (χ1) is 18.9. The number of carbonyl (C=O) groups excluding carboxylic acids is 1. The van der Waals surface area contributed by atoms with Crippen LogP contribution in [0.15, 0.2) is 61.6 Å². The Balaban J connectivity index is 1.66. The number of benzene rings is 2. The molecule has 2 aromatic carbocycles. The predicted molar refractivity (Wildman–Crippen MR) is 152 cm³/mol. The van der Waals surface area contributed by atoms with Crippen LogP contribution < -0.4 is 19.5 Å². The monoisotopic (exact) mass is 563 g/mol. The number of fused-ring (bicyclic) bond motifs is 3. The zero-order valence-electron chi connectivity index (χ0n) is 21.3. The van der Waals surface area contributed by atoms with Gasteiger partial charge in [-0.2, -0.15) is 4.98 Å². The predicted octanol–water partition coefficient (Wildman–Crippen LogP) is 6.32. The van der Waals surface area contributed by atoms with Crippen LogP contribution in [0.3, 0.4) is 0 Å². The molecule has 0 radical (unpaired) electrons. The summed E-state index contributed by atoms with van der Waals surface area (Å²) in [5.74, 6) is 1.56. The molecule has 5 rings (SSSR count). The lowest BCUT2D eigenvalue weighted by Gasteiger charge is -2.17. The van der Waals surface area contributed by atoms with Crippen molar-refractivity contribution in [2.24, 2.45) is 0 Å². The largest absolute Gasteiger partial charge is 0.495 e. The molecule has 0 bridgehead atoms. The lowest BCUT2D eigenvalue weighted by atomic mass is 10.0. The number of nitrogens with zero attached hydrogens (tertiary/aromatic N) is 4. The molecule has 39 heavy (non-hydrogen) atoms. The van der Waals surface area contributed by atoms with Gasteiger partial charge in [-0.3, -0.25) is 9.20 Å². The second-order valence-electron chi connectivity index (χ2n) is 8.40. The van der Waals surface area contributed by atoms with Gasteiger partial charge in [-0.1, -0.05) is 41.9 Å². The van der Waals surface area contributed by atoms with Crippen molar-refractivity contribution in [3.63, 3.8) is 0 Å². The quantitative estimate of drug-likeness (QED) is 0.208. The Bertz CT molecular complexity index is 1720. The number of ketones is 1. The summed E-state index contributed by atoms with van der Waals surface area (Å²) in [4.78, 5) is 25.9. The van der Waals surface area contributed by atoms with Crippen molar-refractivity contribution in [2.75, 3.05) is 26.6 Å². The van der Waals surface area contributed by atoms with E-state index in [1.165, 1.54) is 20.3 Å². The van der Waals surface area contributed by atoms with Gasteiger partial charge in [0, 0.05) is 47.6 Å². The first-order valence-electron chi connectivity index (χ1n) is 11.7. The molecular formula is C28H23Cl2N5O4. The smallest absolute Gasteiger partial charge is 0.229 e. The third-order valence-electron chi connectivity index (χ3n) is 6.21. The number of ether oxygens (including phenoxy) is 3. The number of rotatable bonds is 9. The van der Waals surface area contributed by atoms with Gasteiger partial charge in [0.2, 0.25) is 5.95 Å². The van der Waals surface area contributed by atoms with Crippen LogP contribution in [0.2, 0.25) is 10.0 Å². The normalized spacial score (nSPS) is 11.0. The molecule has 0 aliphatic carbocycles. The number of methoxy groups -OCH3 is 3. The number of carbonyl (C=O) groups is 1. The van der Waals surface area contributed by atoms with E-state index in [0.29, 0.717) is 66.7 Å². The number of hydrogen-bond acceptors (Lipinski definition) is 8. The molecule has 3 aromatic heterocycles. The van der Waals surface area contributed by atoms with Crippen molar-refractivity contribution >= 4 is 57.3 Å². The van der Waals surface area contributed by atoms with Crippen LogP contribution in [0, 0.1) is 0 Å². The fourth-order valence-electron chi connectivity index (χ4n) is 4.34. The molecule has 0 unspecified atom stereocenters. The fourth-order valence-corrected chi connectivity index (χ4v) is 5.05. The molecule has 0 spiro atoms. The van der Waals surface area contributed by atoms with Crippen molar-refractivity contribution < 1.29 is 19.0 Å². The van der Waals surface area contributed by atoms with Gasteiger partial charge in [0.05, 0.1) is 37.1 Å². The fraction of sp³-hybridized carbons (Fsp3) is 0.143. The maximum Gasteiger partial charge on any atom is 0.229 e. The Morgan fingerprint density at radius 1 is 1.03 bits per heavy atom. The number of hydrogen-bond donors (Lipinski definition) is 1. The van der Waals surface area contributed by atoms with Gasteiger partial charge in [-0.25, -0.2) is 9.97 Å². The van der Waals surface area contributed by atoms with Gasteiger partial charge >= 0.3 is 0 Å². The van der Waals surface area contributed by atoms with Gasteiger partial charge in [-0.05, 0) is 23.8 Å². The highest BCUT2D eigenvalue weighted by molar-refractivity contribution is 6.41. The summed E-state index contributed by atoms with van der Waals surface area (Å²) in [5.41, 5.74) is 3.64. The molecule has 0 fully saturated rings. The number of imidazole rings is 1. The van der Waals surface area contributed by atoms with Crippen molar-refractivity contribution in [3.8, 4) is 28.4 Å². The Kier molecular flexibility index (Phi) is 7.28. The van der Waals surface area contributed by atoms with Crippen LogP contribution in [0.5, 0.6) is 17.2 Å². The molecule has 11 heteroatoms. The summed E-state index contributed by atoms with van der Waals surface area (Å²) >= 11 is 13.4. The molecule has 0 aliphatic heterocycles. The summed E-state index contributed by atoms with van der Waals surface area (Å²) in [6.07, 6.45) is 6.56. The van der Waals surface area contributed by atoms with Crippen LogP contribution in [-0.4, -0.2) is 46.5 Å². The molecule has 5 aromatic rings. The Morgan fingerprint density at radius 3 is 2.41 bits per heavy atom. The first kappa shape index (κ1) is 26.3. The average Bonchev–Trinajstić information content (AvgIpc) is 3.45. The molecule has 0 saturated heterocycles. The van der Waals surface area contributed by atoms with E-state index in [1.807, 2.05) is 22.6 Å². The number of pyridine rings is 1. The highest BCUT2D eigenvalue weighted by Gasteiger charge is 2.23. The Hall–Kier alpha value is -4.34. The SMILES string of the molecule is C=CC(=O)Cc1cccc(OC)c1Nc1ncc2cc(-c3c(Cl)c(OC)cc(OC)c3Cl)c3nccn3c2n1. The summed E-state index contributed by atoms with van der Waals surface area (Å²) in [6, 6.07) is 8.95. The van der Waals surface area contributed by atoms with Crippen LogP contribution in [0.1, 0.15) is 5.56 Å². The lowest BCUT2D eigenvalue weighted by Crippen LogP contribution is -2.07. The number of anilines is 2. The van der Waals surface area contributed by atoms with Crippen LogP contribution in [-0.2, 0) is 11.2 Å². The maximum absolute atomic E-state index is 12.1. The van der Waals surface area contributed by atoms with E-state index in [0.717, 1.165) is 5.56 Å². The summed E-state index contributed by atoms with van der Waals surface area (Å²) in [7, 11) is 4.60. The lowest BCUT2D eigenvalue weighted by molar-refractivity contribution is -0.114. The van der Waals surface area contributed by atoms with Gasteiger partial charge in [0.25, 0.3) is 0 Å². The molecule has 9 nitrogen and oxygen atoms in total. The number of aromatic nitrogens is 4. The zero-order valence-corrected chi connectivity index (χ0v) is 22.8. The molecule has 1 N–H and O–H groups in total. The minimum absolute atomic E-state index is 0.120. The van der Waals surface area contributed by atoms with Gasteiger partial charge in [-0.15, -0.1) is 0 Å². The van der Waals surface area contributed by atoms with Gasteiger partial charge in [0.1, 0.15) is 22.9 Å². The van der Waals surface area contributed by atoms with E-state index in [1.54, 1.807) is 37.8 Å². The first-order valence-corrected chi connectivity index (χ1v) is 12.5. The minimum atomic E-state index is -0.120. The van der Waals surface area contributed by atoms with Gasteiger partial charge in [0.15, 0.2) is 11.4 Å². The van der Waals surface area contributed by atoms with Gasteiger partial charge < -0.3 is 19.5 Å². The standard InChI is InChI=1S/C28H23Cl2N5O4/c1-5-17(36)11-15-7-6-8-19(37-2)25(15)33-28-32-14-16-12-18(27-31-9-10-35(27)26(16)34-28)22-23(29)20(38-3)13-21(39-4)24(22)30/h5-10,12-14H,1,11H2,2-4H3,(H,32,33,34). The van der Waals surface area contributed by atoms with E-state index < -0.39 is 0 Å². The molecule has 0 atom stereocenters. The van der Waals surface area contributed by atoms with E-state index in [2.05, 4.69) is 21.9 Å². The van der Waals surface area contributed by atoms with Crippen LogP contribution in [0.4, 0.5) is 11.6 Å². The Labute approximate surface area is 234 Å². The zero-order chi connectivity index (χ0) is 27.7. The molecular weight excluding hydrogens is 541 g/mol. The molecule has 198 valence electrons. The highest BCUT2D eigenvalue weighted by Crippen LogP contribution is 2.47. The third kappa shape index (κ3) is 4.71. The van der Waals surface area contributed by atoms with Crippen LogP contribution >= 0.6 is 23.2 Å². The third-order valence-corrected chi connectivity index (χ3v) is 6.96. The summed E-state index contributed by atoms with van der Waals surface area (Å²) < 4.78 is 18.2. The van der Waals surface area contributed by atoms with E-state index in [9.17, 15) is 4.79 Å². The number of nitrogens with one attached hydrogen (secondary N) is 1. The van der Waals surface area contributed by atoms with E-state index in [4.69, 9.17) is 42.4 Å². The van der Waals surface area contributed by atoms with Crippen molar-refractivity contribution in [3.05, 3.63) is 77.2 Å². The summed E-state index contributed by atoms with van der Waals surface area (Å²) in [5, 5.41) is 4.58. The Morgan fingerprint density at radius 2 is 1.74 bits per heavy atom. The molecule has 0 aliphatic rings. The number of halogens is 2. The van der Waals surface area contributed by atoms with Crippen molar-refractivity contribution in [2.45, 2.75) is 6.42 Å². The second-order valence-corrected chi connectivity index (χ2v) is 9.16. The average molecular weight is 564 g/mol. The number of allylic oxidation sites excluding steroid dienone is 1. The topological polar surface area (TPSA) is 99.9 Å². The minimum Gasteiger partial charge on any atom is -0.495 e. The molecule has 3 heterocycles. The van der Waals surface area contributed by atoms with Crippen LogP contribution in [0.25, 0.3) is 27.8 Å². The van der Waals surface area contributed by atoms with E-state index in [-0.39, 0.29) is 12.2 Å². The second kappa shape index (κ2) is 10.8. The maximum atomic E-state index is 12.1. The highest BCUT2D eigenvalue weighted by atomic mass is 35.5.